The molecule has 1 aromatic heterocycles. The van der Waals surface area contributed by atoms with Gasteiger partial charge in [0.25, 0.3) is 0 Å². The summed E-state index contributed by atoms with van der Waals surface area (Å²) in [5, 5.41) is 11.8. The number of hydrogen-bond acceptors (Lipinski definition) is 4. The fourth-order valence-corrected chi connectivity index (χ4v) is 1.68. The molecule has 1 aromatic carbocycles. The fourth-order valence-electron chi connectivity index (χ4n) is 1.68. The van der Waals surface area contributed by atoms with Gasteiger partial charge in [-0.3, -0.25) is 0 Å². The predicted molar refractivity (Wildman–Crippen MR) is 67.4 cm³/mol. The van der Waals surface area contributed by atoms with E-state index >= 15 is 0 Å². The van der Waals surface area contributed by atoms with Crippen molar-refractivity contribution in [2.24, 2.45) is 0 Å². The van der Waals surface area contributed by atoms with Crippen LogP contribution >= 0.6 is 0 Å². The molecule has 0 saturated heterocycles. The van der Waals surface area contributed by atoms with E-state index in [9.17, 15) is 22.7 Å². The van der Waals surface area contributed by atoms with Crippen LogP contribution in [0.15, 0.2) is 30.5 Å². The van der Waals surface area contributed by atoms with Gasteiger partial charge in [0.2, 0.25) is 5.95 Å². The molecule has 0 spiro atoms. The van der Waals surface area contributed by atoms with E-state index in [4.69, 9.17) is 0 Å². The summed E-state index contributed by atoms with van der Waals surface area (Å²) in [6.07, 6.45) is -5.19. The van der Waals surface area contributed by atoms with Crippen LogP contribution in [0.25, 0.3) is 0 Å². The lowest BCUT2D eigenvalue weighted by atomic mass is 10.1. The number of aliphatic hydroxyl groups excluding tert-OH is 1. The van der Waals surface area contributed by atoms with Gasteiger partial charge in [0.1, 0.15) is 5.82 Å². The van der Waals surface area contributed by atoms with E-state index in [1.807, 2.05) is 0 Å². The Kier molecular flexibility index (Phi) is 4.08. The van der Waals surface area contributed by atoms with Crippen molar-refractivity contribution in [1.82, 2.24) is 9.97 Å². The van der Waals surface area contributed by atoms with E-state index in [1.165, 1.54) is 25.1 Å². The first-order valence-electron chi connectivity index (χ1n) is 5.92. The average molecular weight is 301 g/mol. The van der Waals surface area contributed by atoms with Gasteiger partial charge in [0.05, 0.1) is 6.10 Å². The molecule has 1 atom stereocenters. The standard InChI is InChI=1S/C13H11F4N3O/c1-7(21)10-6-18-12(20-11(10)13(15,16)17)19-9-4-2-3-8(14)5-9/h2-7,21H,1H3,(H,18,19,20). The van der Waals surface area contributed by atoms with E-state index in [1.54, 1.807) is 0 Å². The molecule has 0 amide bonds. The third-order valence-electron chi connectivity index (χ3n) is 2.62. The second-order valence-electron chi connectivity index (χ2n) is 4.31. The summed E-state index contributed by atoms with van der Waals surface area (Å²) in [5.41, 5.74) is -1.44. The predicted octanol–water partition coefficient (Wildman–Crippen LogP) is 3.43. The number of benzene rings is 1. The normalized spacial score (nSPS) is 13.0. The molecule has 21 heavy (non-hydrogen) atoms. The highest BCUT2D eigenvalue weighted by Crippen LogP contribution is 2.33. The monoisotopic (exact) mass is 301 g/mol. The van der Waals surface area contributed by atoms with E-state index in [0.717, 1.165) is 12.3 Å². The number of aliphatic hydroxyl groups is 1. The molecule has 4 nitrogen and oxygen atoms in total. The minimum absolute atomic E-state index is 0.216. The zero-order valence-electron chi connectivity index (χ0n) is 10.8. The molecule has 2 N–H and O–H groups in total. The van der Waals surface area contributed by atoms with Gasteiger partial charge in [0.15, 0.2) is 5.69 Å². The molecule has 8 heteroatoms. The van der Waals surface area contributed by atoms with Gasteiger partial charge in [-0.1, -0.05) is 6.07 Å². The third-order valence-corrected chi connectivity index (χ3v) is 2.62. The zero-order valence-corrected chi connectivity index (χ0v) is 10.8. The number of nitrogens with zero attached hydrogens (tertiary/aromatic N) is 2. The number of aromatic nitrogens is 2. The molecule has 0 aliphatic heterocycles. The molecule has 0 aliphatic rings. The molecule has 0 aliphatic carbocycles. The maximum absolute atomic E-state index is 13.0. The van der Waals surface area contributed by atoms with E-state index in [2.05, 4.69) is 15.3 Å². The number of nitrogens with one attached hydrogen (secondary N) is 1. The maximum atomic E-state index is 13.0. The van der Waals surface area contributed by atoms with Gasteiger partial charge in [-0.2, -0.15) is 13.2 Å². The van der Waals surface area contributed by atoms with Gasteiger partial charge in [-0.15, -0.1) is 0 Å². The highest BCUT2D eigenvalue weighted by Gasteiger charge is 2.37. The first kappa shape index (κ1) is 15.2. The topological polar surface area (TPSA) is 58.0 Å². The molecule has 0 saturated carbocycles. The summed E-state index contributed by atoms with van der Waals surface area (Å²) < 4.78 is 51.7. The van der Waals surface area contributed by atoms with Crippen LogP contribution in [0.3, 0.4) is 0 Å². The quantitative estimate of drug-likeness (QED) is 0.853. The summed E-state index contributed by atoms with van der Waals surface area (Å²) >= 11 is 0. The third kappa shape index (κ3) is 3.66. The Morgan fingerprint density at radius 1 is 1.29 bits per heavy atom. The lowest BCUT2D eigenvalue weighted by Crippen LogP contribution is -2.15. The number of halogens is 4. The Bertz CT molecular complexity index is 644. The molecule has 0 fully saturated rings. The fraction of sp³-hybridized carbons (Fsp3) is 0.231. The van der Waals surface area contributed by atoms with Gasteiger partial charge < -0.3 is 10.4 Å². The van der Waals surface area contributed by atoms with Crippen molar-refractivity contribution in [2.45, 2.75) is 19.2 Å². The van der Waals surface area contributed by atoms with Crippen LogP contribution in [0.2, 0.25) is 0 Å². The van der Waals surface area contributed by atoms with Gasteiger partial charge in [-0.05, 0) is 25.1 Å². The Morgan fingerprint density at radius 2 is 2.00 bits per heavy atom. The second-order valence-corrected chi connectivity index (χ2v) is 4.31. The minimum Gasteiger partial charge on any atom is -0.389 e. The molecule has 1 unspecified atom stereocenters. The molecule has 2 aromatic rings. The van der Waals surface area contributed by atoms with Crippen LogP contribution in [0.4, 0.5) is 29.2 Å². The average Bonchev–Trinajstić information content (AvgIpc) is 2.37. The van der Waals surface area contributed by atoms with Gasteiger partial charge in [-0.25, -0.2) is 14.4 Å². The van der Waals surface area contributed by atoms with Crippen LogP contribution < -0.4 is 5.32 Å². The molecule has 112 valence electrons. The summed E-state index contributed by atoms with van der Waals surface area (Å²) in [7, 11) is 0. The largest absolute Gasteiger partial charge is 0.433 e. The van der Waals surface area contributed by atoms with Crippen LogP contribution in [-0.2, 0) is 6.18 Å². The van der Waals surface area contributed by atoms with Gasteiger partial charge >= 0.3 is 6.18 Å². The first-order valence-corrected chi connectivity index (χ1v) is 5.92. The van der Waals surface area contributed by atoms with Crippen molar-refractivity contribution in [3.63, 3.8) is 0 Å². The van der Waals surface area contributed by atoms with Crippen LogP contribution in [0.5, 0.6) is 0 Å². The van der Waals surface area contributed by atoms with Crippen molar-refractivity contribution in [3.05, 3.63) is 47.5 Å². The number of hydrogen-bond donors (Lipinski definition) is 2. The van der Waals surface area contributed by atoms with Gasteiger partial charge in [0, 0.05) is 17.4 Å². The van der Waals surface area contributed by atoms with Crippen molar-refractivity contribution in [1.29, 1.82) is 0 Å². The van der Waals surface area contributed by atoms with Crippen LogP contribution in [-0.4, -0.2) is 15.1 Å². The zero-order chi connectivity index (χ0) is 15.6. The lowest BCUT2D eigenvalue weighted by molar-refractivity contribution is -0.142. The highest BCUT2D eigenvalue weighted by molar-refractivity contribution is 5.53. The number of rotatable bonds is 3. The smallest absolute Gasteiger partial charge is 0.389 e. The van der Waals surface area contributed by atoms with Crippen molar-refractivity contribution >= 4 is 11.6 Å². The Balaban J connectivity index is 2.38. The highest BCUT2D eigenvalue weighted by atomic mass is 19.4. The lowest BCUT2D eigenvalue weighted by Gasteiger charge is -2.15. The van der Waals surface area contributed by atoms with Crippen molar-refractivity contribution in [3.8, 4) is 0 Å². The molecule has 2 rings (SSSR count). The summed E-state index contributed by atoms with van der Waals surface area (Å²) in [4.78, 5) is 7.05. The maximum Gasteiger partial charge on any atom is 0.433 e. The second kappa shape index (κ2) is 5.65. The van der Waals surface area contributed by atoms with Crippen molar-refractivity contribution < 1.29 is 22.7 Å². The van der Waals surface area contributed by atoms with Crippen LogP contribution in [0.1, 0.15) is 24.3 Å². The van der Waals surface area contributed by atoms with E-state index in [0.29, 0.717) is 0 Å². The summed E-state index contributed by atoms with van der Waals surface area (Å²) in [5.74, 6) is -0.881. The molecule has 1 heterocycles. The Labute approximate surface area is 117 Å². The molecule has 0 bridgehead atoms. The minimum atomic E-state index is -4.73. The number of anilines is 2. The summed E-state index contributed by atoms with van der Waals surface area (Å²) in [6, 6.07) is 5.15. The Hall–Kier alpha value is -2.22. The SMILES string of the molecule is CC(O)c1cnc(Nc2cccc(F)c2)nc1C(F)(F)F. The van der Waals surface area contributed by atoms with E-state index in [-0.39, 0.29) is 11.6 Å². The van der Waals surface area contributed by atoms with Crippen LogP contribution in [0, 0.1) is 5.82 Å². The Morgan fingerprint density at radius 3 is 2.57 bits per heavy atom. The molecular weight excluding hydrogens is 290 g/mol. The summed E-state index contributed by atoms with van der Waals surface area (Å²) in [6.45, 7) is 1.19. The van der Waals surface area contributed by atoms with Crippen molar-refractivity contribution in [2.75, 3.05) is 5.32 Å². The molecular formula is C13H11F4N3O. The first-order chi connectivity index (χ1) is 9.77. The van der Waals surface area contributed by atoms with E-state index < -0.39 is 29.4 Å². The number of alkyl halides is 3. The molecule has 0 radical (unpaired) electrons.